The maximum atomic E-state index is 13.3. The van der Waals surface area contributed by atoms with Crippen molar-refractivity contribution in [2.45, 2.75) is 13.8 Å². The van der Waals surface area contributed by atoms with E-state index < -0.39 is 11.7 Å². The lowest BCUT2D eigenvalue weighted by molar-refractivity contribution is 0.102. The molecule has 5 nitrogen and oxygen atoms in total. The molecule has 0 spiro atoms. The summed E-state index contributed by atoms with van der Waals surface area (Å²) in [7, 11) is 1.72. The van der Waals surface area contributed by atoms with Crippen LogP contribution >= 0.6 is 15.9 Å². The number of halogens is 2. The zero-order chi connectivity index (χ0) is 14.2. The van der Waals surface area contributed by atoms with Crippen LogP contribution in [0.3, 0.4) is 0 Å². The number of amides is 1. The Morgan fingerprint density at radius 2 is 2.11 bits per heavy atom. The van der Waals surface area contributed by atoms with Gasteiger partial charge in [0, 0.05) is 17.1 Å². The standard InChI is InChI=1S/C12H12BrFN4O/c1-6-9(4-8(14)5-10(6)13)11(19)16-12-15-7(2)18(3)17-12/h4-5H,1-3H3,(H,16,17,19). The highest BCUT2D eigenvalue weighted by Crippen LogP contribution is 2.22. The predicted octanol–water partition coefficient (Wildman–Crippen LogP) is 2.59. The molecule has 7 heteroatoms. The third-order valence-electron chi connectivity index (χ3n) is 2.76. The molecule has 0 aliphatic heterocycles. The molecule has 1 aromatic heterocycles. The van der Waals surface area contributed by atoms with E-state index in [2.05, 4.69) is 31.3 Å². The summed E-state index contributed by atoms with van der Waals surface area (Å²) in [4.78, 5) is 16.1. The van der Waals surface area contributed by atoms with E-state index in [-0.39, 0.29) is 11.5 Å². The van der Waals surface area contributed by atoms with Crippen molar-refractivity contribution in [3.63, 3.8) is 0 Å². The van der Waals surface area contributed by atoms with Gasteiger partial charge >= 0.3 is 0 Å². The number of aryl methyl sites for hydroxylation is 2. The zero-order valence-corrected chi connectivity index (χ0v) is 12.2. The second-order valence-corrected chi connectivity index (χ2v) is 4.97. The monoisotopic (exact) mass is 326 g/mol. The molecule has 0 bridgehead atoms. The minimum absolute atomic E-state index is 0.199. The molecule has 1 aromatic carbocycles. The summed E-state index contributed by atoms with van der Waals surface area (Å²) >= 11 is 3.21. The normalized spacial score (nSPS) is 10.6. The van der Waals surface area contributed by atoms with Gasteiger partial charge in [-0.05, 0) is 31.5 Å². The zero-order valence-electron chi connectivity index (χ0n) is 10.7. The maximum absolute atomic E-state index is 13.3. The summed E-state index contributed by atoms with van der Waals surface area (Å²) in [5.41, 5.74) is 0.906. The second-order valence-electron chi connectivity index (χ2n) is 4.12. The average Bonchev–Trinajstić information content (AvgIpc) is 2.62. The van der Waals surface area contributed by atoms with E-state index in [1.807, 2.05) is 0 Å². The molecule has 2 rings (SSSR count). The molecule has 0 aliphatic rings. The number of anilines is 1. The largest absolute Gasteiger partial charge is 0.289 e. The fraction of sp³-hybridized carbons (Fsp3) is 0.250. The average molecular weight is 327 g/mol. The van der Waals surface area contributed by atoms with Crippen LogP contribution in [0.2, 0.25) is 0 Å². The summed E-state index contributed by atoms with van der Waals surface area (Å²) in [5, 5.41) is 6.56. The number of carbonyl (C=O) groups excluding carboxylic acids is 1. The molecule has 0 aliphatic carbocycles. The second kappa shape index (κ2) is 5.08. The summed E-state index contributed by atoms with van der Waals surface area (Å²) in [6.45, 7) is 3.50. The Morgan fingerprint density at radius 3 is 2.68 bits per heavy atom. The quantitative estimate of drug-likeness (QED) is 0.922. The lowest BCUT2D eigenvalue weighted by Gasteiger charge is -2.07. The molecule has 0 radical (unpaired) electrons. The summed E-state index contributed by atoms with van der Waals surface area (Å²) in [6.07, 6.45) is 0. The van der Waals surface area contributed by atoms with Crippen molar-refractivity contribution in [2.75, 3.05) is 5.32 Å². The van der Waals surface area contributed by atoms with Gasteiger partial charge in [0.15, 0.2) is 0 Å². The maximum Gasteiger partial charge on any atom is 0.258 e. The van der Waals surface area contributed by atoms with Crippen molar-refractivity contribution in [2.24, 2.45) is 7.05 Å². The molecule has 1 heterocycles. The minimum Gasteiger partial charge on any atom is -0.289 e. The molecular weight excluding hydrogens is 315 g/mol. The smallest absolute Gasteiger partial charge is 0.258 e. The molecule has 2 aromatic rings. The third kappa shape index (κ3) is 2.81. The number of aromatic nitrogens is 3. The highest BCUT2D eigenvalue weighted by Gasteiger charge is 2.15. The van der Waals surface area contributed by atoms with Crippen LogP contribution in [-0.2, 0) is 7.05 Å². The van der Waals surface area contributed by atoms with Crippen molar-refractivity contribution in [1.29, 1.82) is 0 Å². The number of carbonyl (C=O) groups is 1. The Hall–Kier alpha value is -1.76. The predicted molar refractivity (Wildman–Crippen MR) is 72.5 cm³/mol. The van der Waals surface area contributed by atoms with E-state index in [4.69, 9.17) is 0 Å². The van der Waals surface area contributed by atoms with Crippen LogP contribution < -0.4 is 5.32 Å². The summed E-state index contributed by atoms with van der Waals surface area (Å²) < 4.78 is 15.4. The molecule has 0 atom stereocenters. The lowest BCUT2D eigenvalue weighted by Crippen LogP contribution is -2.15. The van der Waals surface area contributed by atoms with Gasteiger partial charge in [0.1, 0.15) is 11.6 Å². The van der Waals surface area contributed by atoms with Gasteiger partial charge in [-0.3, -0.25) is 14.8 Å². The fourth-order valence-electron chi connectivity index (χ4n) is 1.57. The van der Waals surface area contributed by atoms with E-state index in [1.165, 1.54) is 12.1 Å². The molecule has 1 N–H and O–H groups in total. The van der Waals surface area contributed by atoms with Gasteiger partial charge in [-0.2, -0.15) is 4.98 Å². The van der Waals surface area contributed by atoms with E-state index >= 15 is 0 Å². The Labute approximate surface area is 118 Å². The first-order chi connectivity index (χ1) is 8.88. The first-order valence-electron chi connectivity index (χ1n) is 5.53. The van der Waals surface area contributed by atoms with E-state index in [0.717, 1.165) is 0 Å². The third-order valence-corrected chi connectivity index (χ3v) is 3.58. The summed E-state index contributed by atoms with van der Waals surface area (Å²) in [6, 6.07) is 2.50. The van der Waals surface area contributed by atoms with Crippen LogP contribution in [0.1, 0.15) is 21.7 Å². The lowest BCUT2D eigenvalue weighted by atomic mass is 10.1. The van der Waals surface area contributed by atoms with E-state index in [9.17, 15) is 9.18 Å². The summed E-state index contributed by atoms with van der Waals surface area (Å²) in [5.74, 6) is -0.0479. The van der Waals surface area contributed by atoms with Crippen LogP contribution in [-0.4, -0.2) is 20.7 Å². The Kier molecular flexibility index (Phi) is 3.66. The van der Waals surface area contributed by atoms with Gasteiger partial charge in [0.2, 0.25) is 5.95 Å². The first-order valence-corrected chi connectivity index (χ1v) is 6.32. The fourth-order valence-corrected chi connectivity index (χ4v) is 2.00. The van der Waals surface area contributed by atoms with Crippen LogP contribution in [0, 0.1) is 19.7 Å². The number of hydrogen-bond donors (Lipinski definition) is 1. The number of hydrogen-bond acceptors (Lipinski definition) is 3. The molecule has 19 heavy (non-hydrogen) atoms. The number of nitrogens with one attached hydrogen (secondary N) is 1. The number of benzene rings is 1. The highest BCUT2D eigenvalue weighted by atomic mass is 79.9. The molecular formula is C12H12BrFN4O. The van der Waals surface area contributed by atoms with E-state index in [0.29, 0.717) is 15.9 Å². The number of rotatable bonds is 2. The highest BCUT2D eigenvalue weighted by molar-refractivity contribution is 9.10. The van der Waals surface area contributed by atoms with Gasteiger partial charge in [-0.15, -0.1) is 5.10 Å². The van der Waals surface area contributed by atoms with Crippen molar-refractivity contribution < 1.29 is 9.18 Å². The molecule has 100 valence electrons. The minimum atomic E-state index is -0.479. The van der Waals surface area contributed by atoms with Gasteiger partial charge in [0.25, 0.3) is 5.91 Å². The van der Waals surface area contributed by atoms with Crippen LogP contribution in [0.15, 0.2) is 16.6 Å². The van der Waals surface area contributed by atoms with Crippen molar-refractivity contribution in [3.05, 3.63) is 39.4 Å². The first kappa shape index (κ1) is 13.7. The van der Waals surface area contributed by atoms with Gasteiger partial charge < -0.3 is 0 Å². The SMILES string of the molecule is Cc1c(Br)cc(F)cc1C(=O)Nc1nc(C)n(C)n1. The Bertz CT molecular complexity index is 634. The molecule has 0 saturated carbocycles. The van der Waals surface area contributed by atoms with E-state index in [1.54, 1.807) is 25.6 Å². The molecule has 1 amide bonds. The van der Waals surface area contributed by atoms with Gasteiger partial charge in [-0.1, -0.05) is 15.9 Å². The molecule has 0 unspecified atom stereocenters. The van der Waals surface area contributed by atoms with Crippen molar-refractivity contribution in [1.82, 2.24) is 14.8 Å². The molecule has 0 saturated heterocycles. The van der Waals surface area contributed by atoms with Gasteiger partial charge in [-0.25, -0.2) is 4.39 Å². The van der Waals surface area contributed by atoms with Crippen LogP contribution in [0.4, 0.5) is 10.3 Å². The Morgan fingerprint density at radius 1 is 1.42 bits per heavy atom. The van der Waals surface area contributed by atoms with Gasteiger partial charge in [0.05, 0.1) is 0 Å². The van der Waals surface area contributed by atoms with Crippen molar-refractivity contribution in [3.8, 4) is 0 Å². The topological polar surface area (TPSA) is 59.8 Å². The Balaban J connectivity index is 2.30. The molecule has 0 fully saturated rings. The number of nitrogens with zero attached hydrogens (tertiary/aromatic N) is 3. The van der Waals surface area contributed by atoms with Crippen LogP contribution in [0.5, 0.6) is 0 Å². The van der Waals surface area contributed by atoms with Crippen LogP contribution in [0.25, 0.3) is 0 Å². The van der Waals surface area contributed by atoms with Crippen molar-refractivity contribution >= 4 is 27.8 Å².